The summed E-state index contributed by atoms with van der Waals surface area (Å²) < 4.78 is 11.6. The summed E-state index contributed by atoms with van der Waals surface area (Å²) in [4.78, 5) is 26.0. The van der Waals surface area contributed by atoms with Crippen LogP contribution in [0.5, 0.6) is 5.75 Å². The van der Waals surface area contributed by atoms with Gasteiger partial charge in [-0.1, -0.05) is 68.3 Å². The van der Waals surface area contributed by atoms with E-state index >= 15 is 0 Å². The van der Waals surface area contributed by atoms with Crippen molar-refractivity contribution in [2.75, 3.05) is 0 Å². The summed E-state index contributed by atoms with van der Waals surface area (Å²) in [5.41, 5.74) is 3.57. The molecule has 4 rings (SSSR count). The van der Waals surface area contributed by atoms with E-state index in [1.54, 1.807) is 42.5 Å². The number of ether oxygens (including phenoxy) is 1. The average Bonchev–Trinajstić information content (AvgIpc) is 2.80. The lowest BCUT2D eigenvalue weighted by Crippen LogP contribution is -2.14. The number of benzene rings is 3. The molecule has 0 N–H and O–H groups in total. The lowest BCUT2D eigenvalue weighted by molar-refractivity contribution is -0.129. The molecular weight excluding hydrogens is 448 g/mol. The first-order valence-corrected chi connectivity index (χ1v) is 11.3. The zero-order valence-corrected chi connectivity index (χ0v) is 20.3. The van der Waals surface area contributed by atoms with Gasteiger partial charge in [-0.3, -0.25) is 4.79 Å². The Labute approximate surface area is 203 Å². The van der Waals surface area contributed by atoms with Gasteiger partial charge in [0.25, 0.3) is 0 Å². The van der Waals surface area contributed by atoms with Gasteiger partial charge in [-0.2, -0.15) is 0 Å². The zero-order chi connectivity index (χ0) is 24.5. The number of esters is 1. The van der Waals surface area contributed by atoms with Crippen molar-refractivity contribution in [3.63, 3.8) is 0 Å². The van der Waals surface area contributed by atoms with Gasteiger partial charge < -0.3 is 9.15 Å². The molecule has 0 aliphatic rings. The Balaban J connectivity index is 1.69. The van der Waals surface area contributed by atoms with Crippen molar-refractivity contribution in [1.82, 2.24) is 0 Å². The molecular formula is C29H25ClO4. The Kier molecular flexibility index (Phi) is 6.45. The van der Waals surface area contributed by atoms with Gasteiger partial charge in [0, 0.05) is 16.7 Å². The fourth-order valence-corrected chi connectivity index (χ4v) is 3.70. The van der Waals surface area contributed by atoms with Crippen LogP contribution in [0.3, 0.4) is 0 Å². The van der Waals surface area contributed by atoms with E-state index in [2.05, 4.69) is 20.8 Å². The smallest absolute Gasteiger partial charge is 0.336 e. The molecule has 4 nitrogen and oxygen atoms in total. The maximum Gasteiger partial charge on any atom is 0.336 e. The van der Waals surface area contributed by atoms with Crippen LogP contribution in [-0.4, -0.2) is 5.97 Å². The van der Waals surface area contributed by atoms with E-state index in [-0.39, 0.29) is 16.9 Å². The first-order valence-electron chi connectivity index (χ1n) is 11.0. The number of hydrogen-bond acceptors (Lipinski definition) is 4. The second kappa shape index (κ2) is 9.32. The highest BCUT2D eigenvalue weighted by Gasteiger charge is 2.20. The number of fused-ring (bicyclic) bond motifs is 1. The van der Waals surface area contributed by atoms with Gasteiger partial charge in [0.05, 0.1) is 5.39 Å². The molecule has 0 aliphatic heterocycles. The minimum atomic E-state index is -0.672. The minimum absolute atomic E-state index is 0.0434. The van der Waals surface area contributed by atoms with Crippen LogP contribution >= 0.6 is 11.6 Å². The van der Waals surface area contributed by atoms with Crippen molar-refractivity contribution in [3.05, 3.63) is 105 Å². The molecule has 172 valence electrons. The molecule has 0 unspecified atom stereocenters. The summed E-state index contributed by atoms with van der Waals surface area (Å²) in [6.45, 7) is 8.31. The number of aryl methyl sites for hydroxylation is 1. The van der Waals surface area contributed by atoms with Gasteiger partial charge in [0.15, 0.2) is 5.76 Å². The number of halogens is 1. The first kappa shape index (κ1) is 23.5. The van der Waals surface area contributed by atoms with Crippen molar-refractivity contribution in [2.24, 2.45) is 0 Å². The monoisotopic (exact) mass is 472 g/mol. The Morgan fingerprint density at radius 1 is 0.971 bits per heavy atom. The number of hydrogen-bond donors (Lipinski definition) is 0. The van der Waals surface area contributed by atoms with E-state index in [1.807, 2.05) is 37.3 Å². The molecule has 0 saturated heterocycles. The fraction of sp³-hybridized carbons (Fsp3) is 0.172. The molecule has 0 spiro atoms. The van der Waals surface area contributed by atoms with Crippen LogP contribution in [0.15, 0.2) is 82.0 Å². The van der Waals surface area contributed by atoms with Crippen LogP contribution in [0.25, 0.3) is 28.4 Å². The van der Waals surface area contributed by atoms with Crippen molar-refractivity contribution in [3.8, 4) is 17.1 Å². The van der Waals surface area contributed by atoms with Crippen LogP contribution in [0.4, 0.5) is 0 Å². The van der Waals surface area contributed by atoms with Crippen molar-refractivity contribution in [1.29, 1.82) is 0 Å². The summed E-state index contributed by atoms with van der Waals surface area (Å²) in [6.07, 6.45) is 2.96. The van der Waals surface area contributed by atoms with Crippen LogP contribution in [0.2, 0.25) is 5.02 Å². The molecule has 0 atom stereocenters. The SMILES string of the molecule is Cc1ccc2oc(-c3ccc(Cl)cc3)c(OC(=O)/C=C/c3ccc(C(C)(C)C)cc3)c(=O)c2c1. The van der Waals surface area contributed by atoms with Gasteiger partial charge in [0.2, 0.25) is 11.2 Å². The lowest BCUT2D eigenvalue weighted by Gasteiger charge is -2.18. The fourth-order valence-electron chi connectivity index (χ4n) is 3.57. The van der Waals surface area contributed by atoms with Gasteiger partial charge in [-0.15, -0.1) is 0 Å². The largest absolute Gasteiger partial charge is 0.452 e. The normalized spacial score (nSPS) is 11.8. The summed E-state index contributed by atoms with van der Waals surface area (Å²) >= 11 is 6.01. The third-order valence-electron chi connectivity index (χ3n) is 5.50. The third-order valence-corrected chi connectivity index (χ3v) is 5.75. The summed E-state index contributed by atoms with van der Waals surface area (Å²) in [5, 5.41) is 0.892. The van der Waals surface area contributed by atoms with Gasteiger partial charge in [0.1, 0.15) is 5.58 Å². The molecule has 1 heterocycles. The zero-order valence-electron chi connectivity index (χ0n) is 19.5. The summed E-state index contributed by atoms with van der Waals surface area (Å²) in [7, 11) is 0. The highest BCUT2D eigenvalue weighted by atomic mass is 35.5. The van der Waals surface area contributed by atoms with E-state index in [0.29, 0.717) is 21.6 Å². The molecule has 0 aliphatic carbocycles. The van der Waals surface area contributed by atoms with E-state index in [1.165, 1.54) is 11.6 Å². The highest BCUT2D eigenvalue weighted by molar-refractivity contribution is 6.30. The second-order valence-corrected chi connectivity index (χ2v) is 9.66. The maximum atomic E-state index is 13.3. The van der Waals surface area contributed by atoms with E-state index < -0.39 is 11.4 Å². The van der Waals surface area contributed by atoms with Gasteiger partial charge in [-0.05, 0) is 65.9 Å². The standard InChI is InChI=1S/C29H25ClO4/c1-18-5-15-24-23(17-18)26(32)28(27(33-24)20-9-13-22(30)14-10-20)34-25(31)16-8-19-6-11-21(12-7-19)29(2,3)4/h5-17H,1-4H3/b16-8+. The van der Waals surface area contributed by atoms with E-state index in [0.717, 1.165) is 11.1 Å². The molecule has 0 amide bonds. The Morgan fingerprint density at radius 2 is 1.65 bits per heavy atom. The van der Waals surface area contributed by atoms with Crippen molar-refractivity contribution in [2.45, 2.75) is 33.1 Å². The quantitative estimate of drug-likeness (QED) is 0.230. The average molecular weight is 473 g/mol. The molecule has 0 fully saturated rings. The predicted octanol–water partition coefficient (Wildman–Crippen LogP) is 7.34. The van der Waals surface area contributed by atoms with Crippen LogP contribution < -0.4 is 10.2 Å². The summed E-state index contributed by atoms with van der Waals surface area (Å²) in [5.74, 6) is -0.651. The van der Waals surface area contributed by atoms with Gasteiger partial charge >= 0.3 is 5.97 Å². The topological polar surface area (TPSA) is 56.5 Å². The van der Waals surface area contributed by atoms with Crippen molar-refractivity contribution >= 4 is 34.6 Å². The van der Waals surface area contributed by atoms with E-state index in [4.69, 9.17) is 20.8 Å². The molecule has 34 heavy (non-hydrogen) atoms. The molecule has 0 saturated carbocycles. The number of carbonyl (C=O) groups is 1. The number of carbonyl (C=O) groups excluding carboxylic acids is 1. The van der Waals surface area contributed by atoms with Crippen LogP contribution in [-0.2, 0) is 10.2 Å². The molecule has 0 bridgehead atoms. The third kappa shape index (κ3) is 5.13. The van der Waals surface area contributed by atoms with Crippen molar-refractivity contribution < 1.29 is 13.9 Å². The van der Waals surface area contributed by atoms with E-state index in [9.17, 15) is 9.59 Å². The molecule has 1 aromatic heterocycles. The minimum Gasteiger partial charge on any atom is -0.452 e. The Bertz CT molecular complexity index is 1440. The second-order valence-electron chi connectivity index (χ2n) is 9.22. The lowest BCUT2D eigenvalue weighted by atomic mass is 9.87. The molecule has 5 heteroatoms. The summed E-state index contributed by atoms with van der Waals surface area (Å²) in [6, 6.07) is 20.0. The first-order chi connectivity index (χ1) is 16.1. The predicted molar refractivity (Wildman–Crippen MR) is 137 cm³/mol. The number of rotatable bonds is 4. The molecule has 0 radical (unpaired) electrons. The highest BCUT2D eigenvalue weighted by Crippen LogP contribution is 2.32. The Morgan fingerprint density at radius 3 is 2.29 bits per heavy atom. The van der Waals surface area contributed by atoms with Crippen LogP contribution in [0.1, 0.15) is 37.5 Å². The van der Waals surface area contributed by atoms with Gasteiger partial charge in [-0.25, -0.2) is 4.79 Å². The maximum absolute atomic E-state index is 13.3. The van der Waals surface area contributed by atoms with Crippen LogP contribution in [0, 0.1) is 6.92 Å². The molecule has 4 aromatic rings. The molecule has 3 aromatic carbocycles. The Hall–Kier alpha value is -3.63.